The number of carbonyl (C=O) groups is 1. The number of hydrogen-bond donors (Lipinski definition) is 1. The van der Waals surface area contributed by atoms with Crippen molar-refractivity contribution in [1.29, 1.82) is 0 Å². The van der Waals surface area contributed by atoms with Gasteiger partial charge in [-0.05, 0) is 43.7 Å². The van der Waals surface area contributed by atoms with Gasteiger partial charge in [0, 0.05) is 24.0 Å². The first-order valence-electron chi connectivity index (χ1n) is 7.17. The third kappa shape index (κ3) is 3.54. The first kappa shape index (κ1) is 17.5. The maximum Gasteiger partial charge on any atom is 0.264 e. The molecule has 2 N–H and O–H groups in total. The minimum absolute atomic E-state index is 0. The number of nitrogens with two attached hydrogens (primary N) is 1. The van der Waals surface area contributed by atoms with Crippen molar-refractivity contribution in [3.63, 3.8) is 0 Å². The van der Waals surface area contributed by atoms with E-state index >= 15 is 0 Å². The molecule has 0 radical (unpaired) electrons. The molecule has 5 heteroatoms. The van der Waals surface area contributed by atoms with Crippen LogP contribution < -0.4 is 5.73 Å². The van der Waals surface area contributed by atoms with Gasteiger partial charge >= 0.3 is 0 Å². The van der Waals surface area contributed by atoms with Crippen LogP contribution in [0, 0.1) is 12.8 Å². The molecule has 2 unspecified atom stereocenters. The highest BCUT2D eigenvalue weighted by Crippen LogP contribution is 2.28. The second-order valence-corrected chi connectivity index (χ2v) is 6.72. The predicted octanol–water partition coefficient (Wildman–Crippen LogP) is 3.24. The molecule has 0 saturated carbocycles. The second-order valence-electron chi connectivity index (χ2n) is 5.59. The van der Waals surface area contributed by atoms with E-state index < -0.39 is 0 Å². The first-order chi connectivity index (χ1) is 9.06. The zero-order valence-corrected chi connectivity index (χ0v) is 14.1. The minimum Gasteiger partial charge on any atom is -0.334 e. The molecule has 2 atom stereocenters. The second kappa shape index (κ2) is 7.43. The molecule has 3 nitrogen and oxygen atoms in total. The van der Waals surface area contributed by atoms with Crippen LogP contribution in [0.3, 0.4) is 0 Å². The van der Waals surface area contributed by atoms with E-state index in [9.17, 15) is 4.79 Å². The van der Waals surface area contributed by atoms with Crippen LogP contribution in [-0.4, -0.2) is 29.9 Å². The molecule has 114 valence electrons. The number of thiophene rings is 1. The van der Waals surface area contributed by atoms with Gasteiger partial charge in [0.2, 0.25) is 0 Å². The number of nitrogens with zero attached hydrogens (tertiary/aromatic N) is 1. The number of piperidine rings is 1. The van der Waals surface area contributed by atoms with Gasteiger partial charge in [0.15, 0.2) is 0 Å². The average molecular weight is 317 g/mol. The average Bonchev–Trinajstić information content (AvgIpc) is 2.79. The topological polar surface area (TPSA) is 46.3 Å². The van der Waals surface area contributed by atoms with Crippen LogP contribution >= 0.6 is 23.7 Å². The number of halogens is 1. The highest BCUT2D eigenvalue weighted by Gasteiger charge is 2.30. The molecule has 20 heavy (non-hydrogen) atoms. The Morgan fingerprint density at radius 2 is 2.25 bits per heavy atom. The van der Waals surface area contributed by atoms with Gasteiger partial charge in [0.25, 0.3) is 5.91 Å². The normalized spacial score (nSPS) is 22.5. The van der Waals surface area contributed by atoms with Gasteiger partial charge in [0.1, 0.15) is 0 Å². The van der Waals surface area contributed by atoms with Gasteiger partial charge in [-0.15, -0.1) is 23.7 Å². The van der Waals surface area contributed by atoms with Crippen molar-refractivity contribution in [2.24, 2.45) is 11.7 Å². The summed E-state index contributed by atoms with van der Waals surface area (Å²) in [7, 11) is 0. The Hall–Kier alpha value is -0.580. The van der Waals surface area contributed by atoms with Crippen LogP contribution in [0.15, 0.2) is 6.07 Å². The highest BCUT2D eigenvalue weighted by atomic mass is 35.5. The number of carbonyl (C=O) groups excluding carboxylic acids is 1. The summed E-state index contributed by atoms with van der Waals surface area (Å²) in [6.07, 6.45) is 3.13. The molecule has 0 bridgehead atoms. The number of aryl methyl sites for hydroxylation is 2. The summed E-state index contributed by atoms with van der Waals surface area (Å²) in [5, 5.41) is 0. The standard InChI is InChI=1S/C15H24N2OS.ClH/c1-4-13-11(3)8-14(19-13)15(18)17-6-5-10(2)7-12(17)9-16;/h8,10,12H,4-7,9,16H2,1-3H3;1H. The van der Waals surface area contributed by atoms with Crippen molar-refractivity contribution in [3.05, 3.63) is 21.4 Å². The molecule has 0 aromatic carbocycles. The van der Waals surface area contributed by atoms with Crippen molar-refractivity contribution < 1.29 is 4.79 Å². The monoisotopic (exact) mass is 316 g/mol. The lowest BCUT2D eigenvalue weighted by atomic mass is 9.92. The fourth-order valence-electron chi connectivity index (χ4n) is 2.86. The van der Waals surface area contributed by atoms with Gasteiger partial charge in [-0.25, -0.2) is 0 Å². The fourth-order valence-corrected chi connectivity index (χ4v) is 3.93. The van der Waals surface area contributed by atoms with Gasteiger partial charge in [-0.2, -0.15) is 0 Å². The smallest absolute Gasteiger partial charge is 0.264 e. The van der Waals surface area contributed by atoms with E-state index in [4.69, 9.17) is 5.73 Å². The Balaban J connectivity index is 0.00000200. The largest absolute Gasteiger partial charge is 0.334 e. The van der Waals surface area contributed by atoms with E-state index in [1.807, 2.05) is 11.0 Å². The summed E-state index contributed by atoms with van der Waals surface area (Å²) in [5.74, 6) is 0.851. The third-order valence-corrected chi connectivity index (χ3v) is 5.43. The number of amides is 1. The SMILES string of the molecule is CCc1sc(C(=O)N2CCC(C)CC2CN)cc1C.Cl. The van der Waals surface area contributed by atoms with Crippen LogP contribution in [0.2, 0.25) is 0 Å². The molecule has 1 aromatic rings. The zero-order valence-electron chi connectivity index (χ0n) is 12.5. The Labute approximate surface area is 131 Å². The van der Waals surface area contributed by atoms with Gasteiger partial charge in [-0.3, -0.25) is 4.79 Å². The van der Waals surface area contributed by atoms with E-state index in [0.717, 1.165) is 30.7 Å². The molecule has 1 aliphatic rings. The Morgan fingerprint density at radius 1 is 1.55 bits per heavy atom. The van der Waals surface area contributed by atoms with Crippen molar-refractivity contribution in [3.8, 4) is 0 Å². The van der Waals surface area contributed by atoms with E-state index in [-0.39, 0.29) is 24.4 Å². The molecular formula is C15H25ClN2OS. The fraction of sp³-hybridized carbons (Fsp3) is 0.667. The number of hydrogen-bond acceptors (Lipinski definition) is 3. The lowest BCUT2D eigenvalue weighted by Crippen LogP contribution is -2.49. The summed E-state index contributed by atoms with van der Waals surface area (Å²) < 4.78 is 0. The van der Waals surface area contributed by atoms with E-state index in [0.29, 0.717) is 12.5 Å². The number of likely N-dealkylation sites (tertiary alicyclic amines) is 1. The summed E-state index contributed by atoms with van der Waals surface area (Å²) in [4.78, 5) is 16.8. The van der Waals surface area contributed by atoms with Gasteiger partial charge in [0.05, 0.1) is 4.88 Å². The number of rotatable bonds is 3. The van der Waals surface area contributed by atoms with Crippen LogP contribution in [0.5, 0.6) is 0 Å². The molecule has 0 spiro atoms. The molecule has 1 saturated heterocycles. The highest BCUT2D eigenvalue weighted by molar-refractivity contribution is 7.14. The molecule has 2 rings (SSSR count). The summed E-state index contributed by atoms with van der Waals surface area (Å²) in [6.45, 7) is 7.89. The van der Waals surface area contributed by atoms with Gasteiger partial charge < -0.3 is 10.6 Å². The lowest BCUT2D eigenvalue weighted by molar-refractivity contribution is 0.0578. The molecular weight excluding hydrogens is 292 g/mol. The Kier molecular flexibility index (Phi) is 6.49. The van der Waals surface area contributed by atoms with Crippen LogP contribution in [-0.2, 0) is 6.42 Å². The van der Waals surface area contributed by atoms with Crippen molar-refractivity contribution in [2.75, 3.05) is 13.1 Å². The maximum atomic E-state index is 12.6. The molecule has 1 aliphatic heterocycles. The molecule has 1 fully saturated rings. The van der Waals surface area contributed by atoms with E-state index in [2.05, 4.69) is 20.8 Å². The quantitative estimate of drug-likeness (QED) is 0.930. The van der Waals surface area contributed by atoms with Crippen molar-refractivity contribution >= 4 is 29.7 Å². The van der Waals surface area contributed by atoms with Gasteiger partial charge in [-0.1, -0.05) is 13.8 Å². The predicted molar refractivity (Wildman–Crippen MR) is 88.0 cm³/mol. The zero-order chi connectivity index (χ0) is 14.0. The maximum absolute atomic E-state index is 12.6. The summed E-state index contributed by atoms with van der Waals surface area (Å²) in [5.41, 5.74) is 7.08. The van der Waals surface area contributed by atoms with Crippen LogP contribution in [0.25, 0.3) is 0 Å². The molecule has 1 amide bonds. The van der Waals surface area contributed by atoms with E-state index in [1.54, 1.807) is 11.3 Å². The molecule has 1 aromatic heterocycles. The van der Waals surface area contributed by atoms with Crippen molar-refractivity contribution in [2.45, 2.75) is 46.1 Å². The molecule has 2 heterocycles. The van der Waals surface area contributed by atoms with E-state index in [1.165, 1.54) is 10.4 Å². The first-order valence-corrected chi connectivity index (χ1v) is 7.98. The lowest BCUT2D eigenvalue weighted by Gasteiger charge is -2.37. The summed E-state index contributed by atoms with van der Waals surface area (Å²) in [6, 6.07) is 2.25. The minimum atomic E-state index is 0. The Bertz CT molecular complexity index is 461. The van der Waals surface area contributed by atoms with Crippen molar-refractivity contribution in [1.82, 2.24) is 4.90 Å². The Morgan fingerprint density at radius 3 is 2.80 bits per heavy atom. The van der Waals surface area contributed by atoms with Crippen LogP contribution in [0.4, 0.5) is 0 Å². The summed E-state index contributed by atoms with van der Waals surface area (Å²) >= 11 is 1.64. The third-order valence-electron chi connectivity index (χ3n) is 4.06. The van der Waals surface area contributed by atoms with Crippen LogP contribution in [0.1, 0.15) is 46.8 Å². The molecule has 0 aliphatic carbocycles.